The van der Waals surface area contributed by atoms with Crippen LogP contribution < -0.4 is 4.74 Å². The van der Waals surface area contributed by atoms with Crippen LogP contribution in [0.2, 0.25) is 0 Å². The number of rotatable bonds is 3. The summed E-state index contributed by atoms with van der Waals surface area (Å²) >= 11 is 6.36. The van der Waals surface area contributed by atoms with E-state index >= 15 is 0 Å². The van der Waals surface area contributed by atoms with E-state index in [9.17, 15) is 9.59 Å². The van der Waals surface area contributed by atoms with Crippen molar-refractivity contribution in [3.63, 3.8) is 0 Å². The molecule has 1 aromatic rings. The number of carbonyl (C=O) groups excluding carboxylic acids is 2. The van der Waals surface area contributed by atoms with E-state index in [4.69, 9.17) is 16.3 Å². The first-order valence-electron chi connectivity index (χ1n) is 10.6. The third-order valence-corrected chi connectivity index (χ3v) is 6.23. The van der Waals surface area contributed by atoms with E-state index < -0.39 is 0 Å². The lowest BCUT2D eigenvalue weighted by Gasteiger charge is -2.27. The fraction of sp³-hybridized carbons (Fsp3) is 0.565. The van der Waals surface area contributed by atoms with Crippen LogP contribution in [0.3, 0.4) is 0 Å². The fourth-order valence-corrected chi connectivity index (χ4v) is 4.54. The van der Waals surface area contributed by atoms with E-state index in [0.717, 1.165) is 25.7 Å². The number of halogens is 1. The van der Waals surface area contributed by atoms with Gasteiger partial charge < -0.3 is 4.74 Å². The average Bonchev–Trinajstić information content (AvgIpc) is 2.91. The minimum atomic E-state index is -0.338. The van der Waals surface area contributed by atoms with E-state index in [0.29, 0.717) is 16.9 Å². The molecule has 1 aliphatic heterocycles. The second-order valence-corrected chi connectivity index (χ2v) is 8.19. The molecule has 1 saturated carbocycles. The molecule has 1 heterocycles. The predicted octanol–water partition coefficient (Wildman–Crippen LogP) is 5.69. The maximum absolute atomic E-state index is 13.2. The standard InChI is InChI=1S/C23H30ClNO3/c1-28-19-15-13-17(14-16-19)20-21(24)23(27)25(22(20)26)18-11-9-7-5-3-2-4-6-8-10-12-18/h13-16,18H,2-12H2,1H3. The van der Waals surface area contributed by atoms with Crippen molar-refractivity contribution in [1.29, 1.82) is 0 Å². The molecule has 0 saturated heterocycles. The highest BCUT2D eigenvalue weighted by molar-refractivity contribution is 6.55. The van der Waals surface area contributed by atoms with Gasteiger partial charge in [0.15, 0.2) is 0 Å². The molecule has 2 amide bonds. The Balaban J connectivity index is 1.77. The summed E-state index contributed by atoms with van der Waals surface area (Å²) in [4.78, 5) is 27.5. The van der Waals surface area contributed by atoms with Crippen molar-refractivity contribution in [3.05, 3.63) is 34.9 Å². The molecule has 0 N–H and O–H groups in total. The maximum Gasteiger partial charge on any atom is 0.273 e. The van der Waals surface area contributed by atoms with Gasteiger partial charge in [0.05, 0.1) is 12.7 Å². The van der Waals surface area contributed by atoms with Gasteiger partial charge in [-0.05, 0) is 30.5 Å². The molecule has 28 heavy (non-hydrogen) atoms. The minimum absolute atomic E-state index is 0.0429. The molecule has 0 radical (unpaired) electrons. The summed E-state index contributed by atoms with van der Waals surface area (Å²) in [5.41, 5.74) is 0.986. The Morgan fingerprint density at radius 2 is 1.32 bits per heavy atom. The van der Waals surface area contributed by atoms with E-state index in [1.54, 1.807) is 31.4 Å². The molecule has 152 valence electrons. The first-order valence-corrected chi connectivity index (χ1v) is 10.9. The Morgan fingerprint density at radius 3 is 1.82 bits per heavy atom. The van der Waals surface area contributed by atoms with Crippen molar-refractivity contribution >= 4 is 29.0 Å². The van der Waals surface area contributed by atoms with Crippen molar-refractivity contribution < 1.29 is 14.3 Å². The summed E-state index contributed by atoms with van der Waals surface area (Å²) in [5, 5.41) is 0.0429. The van der Waals surface area contributed by atoms with Crippen LogP contribution in [0.25, 0.3) is 5.57 Å². The second-order valence-electron chi connectivity index (χ2n) is 7.81. The zero-order valence-corrected chi connectivity index (χ0v) is 17.5. The molecule has 3 rings (SSSR count). The van der Waals surface area contributed by atoms with Gasteiger partial charge in [-0.25, -0.2) is 0 Å². The van der Waals surface area contributed by atoms with Crippen LogP contribution in [0.15, 0.2) is 29.3 Å². The Hall–Kier alpha value is -1.81. The molecule has 4 nitrogen and oxygen atoms in total. The first kappa shape index (κ1) is 20.9. The molecule has 1 aromatic carbocycles. The molecule has 5 heteroatoms. The predicted molar refractivity (Wildman–Crippen MR) is 112 cm³/mol. The van der Waals surface area contributed by atoms with E-state index in [2.05, 4.69) is 0 Å². The molecule has 0 bridgehead atoms. The van der Waals surface area contributed by atoms with Gasteiger partial charge in [0.2, 0.25) is 0 Å². The van der Waals surface area contributed by atoms with Gasteiger partial charge >= 0.3 is 0 Å². The van der Waals surface area contributed by atoms with Crippen LogP contribution >= 0.6 is 11.6 Å². The second kappa shape index (κ2) is 10.1. The van der Waals surface area contributed by atoms with Crippen LogP contribution in [0, 0.1) is 0 Å². The summed E-state index contributed by atoms with van der Waals surface area (Å²) in [6.07, 6.45) is 12.6. The number of hydrogen-bond acceptors (Lipinski definition) is 3. The molecular weight excluding hydrogens is 374 g/mol. The SMILES string of the molecule is COc1ccc(C2=C(Cl)C(=O)N(C3CCCCCCCCCCC3)C2=O)cc1. The van der Waals surface area contributed by atoms with E-state index in [-0.39, 0.29) is 22.9 Å². The number of ether oxygens (including phenoxy) is 1. The summed E-state index contributed by atoms with van der Waals surface area (Å²) < 4.78 is 5.18. The first-order chi connectivity index (χ1) is 13.6. The van der Waals surface area contributed by atoms with Gasteiger partial charge in [0.1, 0.15) is 10.8 Å². The summed E-state index contributed by atoms with van der Waals surface area (Å²) in [6, 6.07) is 7.08. The zero-order valence-electron chi connectivity index (χ0n) is 16.7. The Labute approximate surface area is 172 Å². The number of imide groups is 1. The number of methoxy groups -OCH3 is 1. The third-order valence-electron chi connectivity index (χ3n) is 5.88. The molecule has 0 spiro atoms. The maximum atomic E-state index is 13.2. The molecule has 1 aliphatic carbocycles. The van der Waals surface area contributed by atoms with Crippen molar-refractivity contribution in [2.24, 2.45) is 0 Å². The number of hydrogen-bond donors (Lipinski definition) is 0. The summed E-state index contributed by atoms with van der Waals surface area (Å²) in [6.45, 7) is 0. The highest BCUT2D eigenvalue weighted by atomic mass is 35.5. The molecule has 0 aromatic heterocycles. The normalized spacial score (nSPS) is 20.9. The fourth-order valence-electron chi connectivity index (χ4n) is 4.26. The van der Waals surface area contributed by atoms with Crippen molar-refractivity contribution in [1.82, 2.24) is 4.90 Å². The quantitative estimate of drug-likeness (QED) is 0.609. The average molecular weight is 404 g/mol. The molecular formula is C23H30ClNO3. The van der Waals surface area contributed by atoms with Gasteiger partial charge in [0, 0.05) is 6.04 Å². The largest absolute Gasteiger partial charge is 0.497 e. The van der Waals surface area contributed by atoms with Crippen LogP contribution in [0.5, 0.6) is 5.75 Å². The minimum Gasteiger partial charge on any atom is -0.497 e. The highest BCUT2D eigenvalue weighted by Crippen LogP contribution is 2.35. The molecule has 0 atom stereocenters. The van der Waals surface area contributed by atoms with E-state index in [1.165, 1.54) is 49.8 Å². The lowest BCUT2D eigenvalue weighted by atomic mass is 9.96. The Bertz CT molecular complexity index is 714. The zero-order chi connectivity index (χ0) is 19.9. The monoisotopic (exact) mass is 403 g/mol. The molecule has 1 fully saturated rings. The number of nitrogens with zero attached hydrogens (tertiary/aromatic N) is 1. The van der Waals surface area contributed by atoms with Gasteiger partial charge in [-0.1, -0.05) is 81.5 Å². The molecule has 2 aliphatic rings. The summed E-state index contributed by atoms with van der Waals surface area (Å²) in [5.74, 6) is 0.111. The van der Waals surface area contributed by atoms with Gasteiger partial charge in [-0.15, -0.1) is 0 Å². The van der Waals surface area contributed by atoms with Gasteiger partial charge in [-0.2, -0.15) is 0 Å². The number of benzene rings is 1. The van der Waals surface area contributed by atoms with Crippen molar-refractivity contribution in [2.45, 2.75) is 76.7 Å². The van der Waals surface area contributed by atoms with Crippen LogP contribution in [-0.4, -0.2) is 29.9 Å². The van der Waals surface area contributed by atoms with Crippen molar-refractivity contribution in [2.75, 3.05) is 7.11 Å². The van der Waals surface area contributed by atoms with Gasteiger partial charge in [0.25, 0.3) is 11.8 Å². The third kappa shape index (κ3) is 4.78. The van der Waals surface area contributed by atoms with Crippen molar-refractivity contribution in [3.8, 4) is 5.75 Å². The molecule has 0 unspecified atom stereocenters. The highest BCUT2D eigenvalue weighted by Gasteiger charge is 2.41. The lowest BCUT2D eigenvalue weighted by Crippen LogP contribution is -2.41. The number of amides is 2. The summed E-state index contributed by atoms with van der Waals surface area (Å²) in [7, 11) is 1.59. The topological polar surface area (TPSA) is 46.6 Å². The van der Waals surface area contributed by atoms with Crippen LogP contribution in [-0.2, 0) is 9.59 Å². The van der Waals surface area contributed by atoms with Gasteiger partial charge in [-0.3, -0.25) is 14.5 Å². The Morgan fingerprint density at radius 1 is 0.821 bits per heavy atom. The van der Waals surface area contributed by atoms with Crippen LogP contribution in [0.1, 0.15) is 76.2 Å². The van der Waals surface area contributed by atoms with E-state index in [1.807, 2.05) is 0 Å². The lowest BCUT2D eigenvalue weighted by molar-refractivity contribution is -0.139. The van der Waals surface area contributed by atoms with Crippen LogP contribution in [0.4, 0.5) is 0 Å². The smallest absolute Gasteiger partial charge is 0.273 e. The number of carbonyl (C=O) groups is 2. The Kier molecular flexibility index (Phi) is 7.55.